The molecule has 5 heteroatoms. The molecule has 0 fully saturated rings. The van der Waals surface area contributed by atoms with Crippen molar-refractivity contribution in [2.45, 2.75) is 0 Å². The van der Waals surface area contributed by atoms with E-state index in [0.717, 1.165) is 72.5 Å². The molecule has 234 valence electrons. The zero-order valence-corrected chi connectivity index (χ0v) is 27.0. The Labute approximate surface area is 289 Å². The second kappa shape index (κ2) is 12.6. The molecule has 9 rings (SSSR count). The molecule has 0 amide bonds. The van der Waals surface area contributed by atoms with Gasteiger partial charge in [0.1, 0.15) is 0 Å². The number of benzene rings is 5. The minimum absolute atomic E-state index is 0.647. The van der Waals surface area contributed by atoms with Gasteiger partial charge in [-0.25, -0.2) is 15.0 Å². The Bertz CT molecular complexity index is 2560. The zero-order chi connectivity index (χ0) is 33.3. The largest absolute Gasteiger partial charge is 0.264 e. The van der Waals surface area contributed by atoms with Gasteiger partial charge in [-0.05, 0) is 81.6 Å². The molecule has 0 atom stereocenters. The van der Waals surface area contributed by atoms with Crippen molar-refractivity contribution in [3.8, 4) is 67.4 Å². The summed E-state index contributed by atoms with van der Waals surface area (Å²) < 4.78 is 0. The van der Waals surface area contributed by atoms with E-state index in [1.807, 2.05) is 48.8 Å². The summed E-state index contributed by atoms with van der Waals surface area (Å²) in [4.78, 5) is 23.7. The van der Waals surface area contributed by atoms with Gasteiger partial charge in [0, 0.05) is 52.4 Å². The number of rotatable bonds is 6. The molecule has 0 aliphatic carbocycles. The first-order valence-electron chi connectivity index (χ1n) is 16.6. The first-order chi connectivity index (χ1) is 24.8. The van der Waals surface area contributed by atoms with Crippen LogP contribution in [-0.4, -0.2) is 24.9 Å². The molecule has 0 bridgehead atoms. The van der Waals surface area contributed by atoms with Gasteiger partial charge in [0.05, 0.1) is 22.6 Å². The van der Waals surface area contributed by atoms with Gasteiger partial charge in [-0.2, -0.15) is 0 Å². The topological polar surface area (TPSA) is 64.5 Å². The van der Waals surface area contributed by atoms with Crippen molar-refractivity contribution in [1.82, 2.24) is 24.9 Å². The van der Waals surface area contributed by atoms with E-state index in [4.69, 9.17) is 15.0 Å². The number of hydrogen-bond donors (Lipinski definition) is 0. The SMILES string of the molecule is c1ccc(-c2cc(-c3cccc(-c4ccc(-c5nc(-c6cccnc6)cc(-c6cccnc6)n5)cc4)c3)c3c(ccc4ccccc43)n2)cc1. The standard InChI is InChI=1S/C45H29N5/c1-2-10-32(11-3-1)41-26-39(44-38-16-5-4-9-31(38)21-22-40(44)48-41)35-13-6-12-34(25-35)30-17-19-33(20-18-30)45-49-42(36-14-7-23-46-28-36)27-43(50-45)37-15-8-24-47-29-37/h1-29H. The Morgan fingerprint density at radius 1 is 0.360 bits per heavy atom. The lowest BCUT2D eigenvalue weighted by Gasteiger charge is -2.14. The van der Waals surface area contributed by atoms with E-state index in [0.29, 0.717) is 5.82 Å². The van der Waals surface area contributed by atoms with Crippen molar-refractivity contribution < 1.29 is 0 Å². The molecule has 0 aliphatic heterocycles. The molecule has 0 N–H and O–H groups in total. The van der Waals surface area contributed by atoms with Crippen LogP contribution in [0, 0.1) is 0 Å². The van der Waals surface area contributed by atoms with Gasteiger partial charge >= 0.3 is 0 Å². The van der Waals surface area contributed by atoms with E-state index < -0.39 is 0 Å². The van der Waals surface area contributed by atoms with Crippen LogP contribution in [0.4, 0.5) is 0 Å². The van der Waals surface area contributed by atoms with Crippen molar-refractivity contribution in [2.75, 3.05) is 0 Å². The van der Waals surface area contributed by atoms with Crippen LogP contribution in [0.2, 0.25) is 0 Å². The molecular weight excluding hydrogens is 611 g/mol. The van der Waals surface area contributed by atoms with E-state index >= 15 is 0 Å². The summed E-state index contributed by atoms with van der Waals surface area (Å²) in [6, 6.07) is 52.6. The fraction of sp³-hybridized carbons (Fsp3) is 0. The molecule has 9 aromatic rings. The minimum atomic E-state index is 0.647. The summed E-state index contributed by atoms with van der Waals surface area (Å²) in [7, 11) is 0. The summed E-state index contributed by atoms with van der Waals surface area (Å²) >= 11 is 0. The average molecular weight is 640 g/mol. The van der Waals surface area contributed by atoms with Crippen LogP contribution in [0.5, 0.6) is 0 Å². The normalized spacial score (nSPS) is 11.2. The van der Waals surface area contributed by atoms with Crippen molar-refractivity contribution in [1.29, 1.82) is 0 Å². The predicted octanol–water partition coefficient (Wildman–Crippen LogP) is 11.0. The van der Waals surface area contributed by atoms with Gasteiger partial charge in [-0.15, -0.1) is 0 Å². The van der Waals surface area contributed by atoms with Crippen molar-refractivity contribution in [3.63, 3.8) is 0 Å². The van der Waals surface area contributed by atoms with Gasteiger partial charge in [0.25, 0.3) is 0 Å². The molecule has 50 heavy (non-hydrogen) atoms. The van der Waals surface area contributed by atoms with Gasteiger partial charge in [-0.1, -0.05) is 103 Å². The number of nitrogens with zero attached hydrogens (tertiary/aromatic N) is 5. The first kappa shape index (κ1) is 29.3. The number of hydrogen-bond acceptors (Lipinski definition) is 5. The molecule has 0 spiro atoms. The average Bonchev–Trinajstić information content (AvgIpc) is 3.21. The Morgan fingerprint density at radius 2 is 0.980 bits per heavy atom. The smallest absolute Gasteiger partial charge is 0.160 e. The lowest BCUT2D eigenvalue weighted by molar-refractivity contribution is 1.17. The third-order valence-electron chi connectivity index (χ3n) is 9.06. The molecular formula is C45H29N5. The third-order valence-corrected chi connectivity index (χ3v) is 9.06. The predicted molar refractivity (Wildman–Crippen MR) is 203 cm³/mol. The van der Waals surface area contributed by atoms with Gasteiger partial charge in [-0.3, -0.25) is 9.97 Å². The molecule has 5 nitrogen and oxygen atoms in total. The maximum atomic E-state index is 5.13. The molecule has 0 unspecified atom stereocenters. The van der Waals surface area contributed by atoms with Crippen LogP contribution in [0.3, 0.4) is 0 Å². The fourth-order valence-electron chi connectivity index (χ4n) is 6.57. The van der Waals surface area contributed by atoms with Crippen LogP contribution in [0.15, 0.2) is 176 Å². The monoisotopic (exact) mass is 639 g/mol. The summed E-state index contributed by atoms with van der Waals surface area (Å²) in [5.41, 5.74) is 12.0. The third kappa shape index (κ3) is 5.57. The lowest BCUT2D eigenvalue weighted by Crippen LogP contribution is -1.96. The quantitative estimate of drug-likeness (QED) is 0.169. The molecule has 5 aromatic carbocycles. The lowest BCUT2D eigenvalue weighted by atomic mass is 9.92. The van der Waals surface area contributed by atoms with Gasteiger partial charge in [0.15, 0.2) is 5.82 Å². The van der Waals surface area contributed by atoms with Crippen LogP contribution in [-0.2, 0) is 0 Å². The van der Waals surface area contributed by atoms with Crippen LogP contribution in [0.1, 0.15) is 0 Å². The van der Waals surface area contributed by atoms with Crippen LogP contribution in [0.25, 0.3) is 89.1 Å². The maximum absolute atomic E-state index is 5.13. The Hall–Kier alpha value is -6.85. The summed E-state index contributed by atoms with van der Waals surface area (Å²) in [6.45, 7) is 0. The highest BCUT2D eigenvalue weighted by molar-refractivity contribution is 6.14. The van der Waals surface area contributed by atoms with Crippen LogP contribution >= 0.6 is 0 Å². The highest BCUT2D eigenvalue weighted by Crippen LogP contribution is 2.38. The Balaban J connectivity index is 1.13. The summed E-state index contributed by atoms with van der Waals surface area (Å²) in [6.07, 6.45) is 7.19. The van der Waals surface area contributed by atoms with Crippen molar-refractivity contribution >= 4 is 21.7 Å². The molecule has 0 aliphatic rings. The number of pyridine rings is 3. The molecule has 4 heterocycles. The molecule has 4 aromatic heterocycles. The van der Waals surface area contributed by atoms with E-state index in [-0.39, 0.29) is 0 Å². The molecule has 0 saturated carbocycles. The van der Waals surface area contributed by atoms with Gasteiger partial charge in [0.2, 0.25) is 0 Å². The molecule has 0 radical (unpaired) electrons. The fourth-order valence-corrected chi connectivity index (χ4v) is 6.57. The zero-order valence-electron chi connectivity index (χ0n) is 27.0. The summed E-state index contributed by atoms with van der Waals surface area (Å²) in [5, 5.41) is 3.55. The number of aromatic nitrogens is 5. The highest BCUT2D eigenvalue weighted by atomic mass is 14.9. The van der Waals surface area contributed by atoms with Crippen LogP contribution < -0.4 is 0 Å². The van der Waals surface area contributed by atoms with Crippen molar-refractivity contribution in [3.05, 3.63) is 176 Å². The Morgan fingerprint density at radius 3 is 1.70 bits per heavy atom. The van der Waals surface area contributed by atoms with E-state index in [9.17, 15) is 0 Å². The second-order valence-electron chi connectivity index (χ2n) is 12.2. The molecule has 0 saturated heterocycles. The summed E-state index contributed by atoms with van der Waals surface area (Å²) in [5.74, 6) is 0.647. The number of fused-ring (bicyclic) bond motifs is 3. The highest BCUT2D eigenvalue weighted by Gasteiger charge is 2.15. The van der Waals surface area contributed by atoms with Crippen molar-refractivity contribution in [2.24, 2.45) is 0 Å². The maximum Gasteiger partial charge on any atom is 0.160 e. The Kier molecular flexibility index (Phi) is 7.41. The van der Waals surface area contributed by atoms with Gasteiger partial charge < -0.3 is 0 Å². The van der Waals surface area contributed by atoms with E-state index in [2.05, 4.69) is 125 Å². The second-order valence-corrected chi connectivity index (χ2v) is 12.2. The van der Waals surface area contributed by atoms with E-state index in [1.165, 1.54) is 10.8 Å². The minimum Gasteiger partial charge on any atom is -0.264 e. The van der Waals surface area contributed by atoms with E-state index in [1.54, 1.807) is 12.4 Å². The first-order valence-corrected chi connectivity index (χ1v) is 16.6.